The molecule has 0 aliphatic carbocycles. The van der Waals surface area contributed by atoms with E-state index in [-0.39, 0.29) is 24.8 Å². The van der Waals surface area contributed by atoms with Crippen molar-refractivity contribution in [3.8, 4) is 0 Å². The fourth-order valence-corrected chi connectivity index (χ4v) is 2.65. The van der Waals surface area contributed by atoms with E-state index in [1.807, 2.05) is 0 Å². The second-order valence-electron chi connectivity index (χ2n) is 4.19. The molecule has 2 saturated heterocycles. The standard InChI is InChI=1S/C9H18N2.2ClH/c10-7-9-3-1-5-11(8-9)6-2-4-9;;/h1-8,10H2;2*1H. The third kappa shape index (κ3) is 2.72. The van der Waals surface area contributed by atoms with Gasteiger partial charge >= 0.3 is 0 Å². The van der Waals surface area contributed by atoms with Crippen LogP contribution in [0.25, 0.3) is 0 Å². The van der Waals surface area contributed by atoms with Gasteiger partial charge in [-0.3, -0.25) is 0 Å². The van der Waals surface area contributed by atoms with Gasteiger partial charge in [0.1, 0.15) is 0 Å². The molecule has 2 fully saturated rings. The minimum atomic E-state index is 0. The molecule has 2 aliphatic rings. The monoisotopic (exact) mass is 226 g/mol. The van der Waals surface area contributed by atoms with Crippen molar-refractivity contribution in [3.05, 3.63) is 0 Å². The van der Waals surface area contributed by atoms with Crippen LogP contribution in [0.5, 0.6) is 0 Å². The first-order valence-corrected chi connectivity index (χ1v) is 4.77. The molecule has 0 spiro atoms. The number of fused-ring (bicyclic) bond motifs is 2. The summed E-state index contributed by atoms with van der Waals surface area (Å²) in [5, 5.41) is 0. The fraction of sp³-hybridized carbons (Fsp3) is 1.00. The first-order chi connectivity index (χ1) is 5.35. The van der Waals surface area contributed by atoms with Crippen LogP contribution in [0, 0.1) is 5.41 Å². The Morgan fingerprint density at radius 3 is 2.00 bits per heavy atom. The van der Waals surface area contributed by atoms with E-state index in [9.17, 15) is 0 Å². The van der Waals surface area contributed by atoms with E-state index in [1.54, 1.807) is 0 Å². The van der Waals surface area contributed by atoms with Gasteiger partial charge in [0.15, 0.2) is 0 Å². The summed E-state index contributed by atoms with van der Waals surface area (Å²) < 4.78 is 0. The van der Waals surface area contributed by atoms with Crippen LogP contribution in [0.1, 0.15) is 25.7 Å². The molecule has 4 heteroatoms. The molecule has 2 N–H and O–H groups in total. The van der Waals surface area contributed by atoms with Crippen LogP contribution < -0.4 is 5.73 Å². The van der Waals surface area contributed by atoms with E-state index in [0.717, 1.165) is 6.54 Å². The van der Waals surface area contributed by atoms with Crippen LogP contribution in [-0.4, -0.2) is 31.1 Å². The molecule has 0 aromatic heterocycles. The molecule has 0 radical (unpaired) electrons. The molecule has 13 heavy (non-hydrogen) atoms. The van der Waals surface area contributed by atoms with Crippen LogP contribution in [0.4, 0.5) is 0 Å². The Kier molecular flexibility index (Phi) is 5.61. The highest BCUT2D eigenvalue weighted by Gasteiger charge is 2.36. The molecular formula is C9H20Cl2N2. The molecule has 2 heterocycles. The predicted molar refractivity (Wildman–Crippen MR) is 60.9 cm³/mol. The number of nitrogens with zero attached hydrogens (tertiary/aromatic N) is 1. The van der Waals surface area contributed by atoms with Crippen molar-refractivity contribution in [3.63, 3.8) is 0 Å². The van der Waals surface area contributed by atoms with Gasteiger partial charge in [-0.05, 0) is 50.7 Å². The van der Waals surface area contributed by atoms with Crippen molar-refractivity contribution in [1.82, 2.24) is 4.90 Å². The van der Waals surface area contributed by atoms with Gasteiger partial charge in [-0.2, -0.15) is 0 Å². The van der Waals surface area contributed by atoms with Crippen LogP contribution in [0.2, 0.25) is 0 Å². The molecule has 2 aliphatic heterocycles. The Morgan fingerprint density at radius 2 is 1.62 bits per heavy atom. The maximum atomic E-state index is 5.82. The molecule has 0 unspecified atom stereocenters. The van der Waals surface area contributed by atoms with E-state index in [1.165, 1.54) is 45.3 Å². The zero-order chi connectivity index (χ0) is 7.73. The maximum absolute atomic E-state index is 5.82. The van der Waals surface area contributed by atoms with Gasteiger partial charge in [-0.1, -0.05) is 0 Å². The van der Waals surface area contributed by atoms with Crippen LogP contribution in [0.3, 0.4) is 0 Å². The normalized spacial score (nSPS) is 37.2. The number of rotatable bonds is 1. The van der Waals surface area contributed by atoms with Crippen LogP contribution >= 0.6 is 24.8 Å². The van der Waals surface area contributed by atoms with Crippen molar-refractivity contribution in [2.45, 2.75) is 25.7 Å². The van der Waals surface area contributed by atoms with Crippen molar-refractivity contribution in [1.29, 1.82) is 0 Å². The van der Waals surface area contributed by atoms with Crippen molar-refractivity contribution in [2.75, 3.05) is 26.2 Å². The first kappa shape index (κ1) is 13.5. The van der Waals surface area contributed by atoms with Gasteiger partial charge in [0.25, 0.3) is 0 Å². The summed E-state index contributed by atoms with van der Waals surface area (Å²) in [6, 6.07) is 0. The van der Waals surface area contributed by atoms with Crippen molar-refractivity contribution < 1.29 is 0 Å². The third-order valence-corrected chi connectivity index (χ3v) is 3.35. The van der Waals surface area contributed by atoms with Crippen LogP contribution in [0.15, 0.2) is 0 Å². The predicted octanol–water partition coefficient (Wildman–Crippen LogP) is 1.66. The Bertz CT molecular complexity index is 143. The highest BCUT2D eigenvalue weighted by Crippen LogP contribution is 2.36. The lowest BCUT2D eigenvalue weighted by Crippen LogP contribution is -2.51. The fourth-order valence-electron chi connectivity index (χ4n) is 2.65. The zero-order valence-corrected chi connectivity index (χ0v) is 9.63. The maximum Gasteiger partial charge on any atom is 0.00501 e. The number of nitrogens with two attached hydrogens (primary N) is 1. The lowest BCUT2D eigenvalue weighted by molar-refractivity contribution is 0.0447. The Labute approximate surface area is 93.1 Å². The van der Waals surface area contributed by atoms with Crippen molar-refractivity contribution in [2.24, 2.45) is 11.1 Å². The van der Waals surface area contributed by atoms with Gasteiger partial charge in [0, 0.05) is 6.54 Å². The topological polar surface area (TPSA) is 29.3 Å². The molecule has 0 aromatic carbocycles. The smallest absolute Gasteiger partial charge is 0.00501 e. The highest BCUT2D eigenvalue weighted by molar-refractivity contribution is 5.85. The summed E-state index contributed by atoms with van der Waals surface area (Å²) in [7, 11) is 0. The number of piperidine rings is 2. The molecule has 0 atom stereocenters. The minimum absolute atomic E-state index is 0. The number of hydrogen-bond donors (Lipinski definition) is 1. The van der Waals surface area contributed by atoms with E-state index in [4.69, 9.17) is 5.73 Å². The molecule has 0 aromatic rings. The zero-order valence-electron chi connectivity index (χ0n) is 8.00. The Balaban J connectivity index is 0.000000720. The molecule has 80 valence electrons. The second-order valence-corrected chi connectivity index (χ2v) is 4.19. The summed E-state index contributed by atoms with van der Waals surface area (Å²) in [6.45, 7) is 4.83. The highest BCUT2D eigenvalue weighted by atomic mass is 35.5. The Morgan fingerprint density at radius 1 is 1.08 bits per heavy atom. The van der Waals surface area contributed by atoms with E-state index in [0.29, 0.717) is 5.41 Å². The SMILES string of the molecule is Cl.Cl.NCC12CCCN(CCC1)C2. The molecule has 2 nitrogen and oxygen atoms in total. The average molecular weight is 227 g/mol. The average Bonchev–Trinajstić information content (AvgIpc) is 2.05. The molecular weight excluding hydrogens is 207 g/mol. The van der Waals surface area contributed by atoms with E-state index in [2.05, 4.69) is 4.90 Å². The molecule has 2 rings (SSSR count). The summed E-state index contributed by atoms with van der Waals surface area (Å²) in [5.74, 6) is 0. The third-order valence-electron chi connectivity index (χ3n) is 3.35. The number of halogens is 2. The van der Waals surface area contributed by atoms with Crippen LogP contribution in [-0.2, 0) is 0 Å². The molecule has 0 saturated carbocycles. The quantitative estimate of drug-likeness (QED) is 0.738. The summed E-state index contributed by atoms with van der Waals surface area (Å²) in [6.07, 6.45) is 5.49. The number of hydrogen-bond acceptors (Lipinski definition) is 2. The van der Waals surface area contributed by atoms with Gasteiger partial charge < -0.3 is 10.6 Å². The minimum Gasteiger partial charge on any atom is -0.330 e. The summed E-state index contributed by atoms with van der Waals surface area (Å²) in [4.78, 5) is 2.58. The summed E-state index contributed by atoms with van der Waals surface area (Å²) >= 11 is 0. The van der Waals surface area contributed by atoms with Gasteiger partial charge in [0.05, 0.1) is 0 Å². The van der Waals surface area contributed by atoms with E-state index >= 15 is 0 Å². The second kappa shape index (κ2) is 5.40. The lowest BCUT2D eigenvalue weighted by Gasteiger charge is -2.46. The van der Waals surface area contributed by atoms with Crippen molar-refractivity contribution >= 4 is 24.8 Å². The van der Waals surface area contributed by atoms with Gasteiger partial charge in [-0.25, -0.2) is 0 Å². The largest absolute Gasteiger partial charge is 0.330 e. The van der Waals surface area contributed by atoms with E-state index < -0.39 is 0 Å². The molecule has 2 bridgehead atoms. The van der Waals surface area contributed by atoms with Gasteiger partial charge in [0.2, 0.25) is 0 Å². The molecule has 0 amide bonds. The first-order valence-electron chi connectivity index (χ1n) is 4.77. The van der Waals surface area contributed by atoms with Gasteiger partial charge in [-0.15, -0.1) is 24.8 Å². The summed E-state index contributed by atoms with van der Waals surface area (Å²) in [5.41, 5.74) is 6.34. The lowest BCUT2D eigenvalue weighted by atomic mass is 9.74. The Hall–Kier alpha value is 0.500.